The van der Waals surface area contributed by atoms with E-state index in [0.29, 0.717) is 11.7 Å². The number of hydrogen-bond donors (Lipinski definition) is 1. The van der Waals surface area contributed by atoms with E-state index in [1.54, 1.807) is 6.07 Å². The normalized spacial score (nSPS) is 12.5. The van der Waals surface area contributed by atoms with Crippen LogP contribution >= 0.6 is 15.9 Å². The van der Waals surface area contributed by atoms with Crippen molar-refractivity contribution in [1.29, 1.82) is 0 Å². The zero-order valence-electron chi connectivity index (χ0n) is 9.19. The zero-order chi connectivity index (χ0) is 11.3. The van der Waals surface area contributed by atoms with E-state index in [9.17, 15) is 4.39 Å². The summed E-state index contributed by atoms with van der Waals surface area (Å²) >= 11 is 3.24. The van der Waals surface area contributed by atoms with Crippen molar-refractivity contribution in [2.24, 2.45) is 0 Å². The first-order chi connectivity index (χ1) is 7.13. The van der Waals surface area contributed by atoms with E-state index in [1.165, 1.54) is 18.9 Å². The topological polar surface area (TPSA) is 12.0 Å². The first-order valence-corrected chi connectivity index (χ1v) is 6.14. The van der Waals surface area contributed by atoms with Gasteiger partial charge in [-0.25, -0.2) is 4.39 Å². The monoisotopic (exact) mass is 273 g/mol. The molecule has 1 unspecified atom stereocenters. The van der Waals surface area contributed by atoms with Crippen LogP contribution < -0.4 is 5.32 Å². The summed E-state index contributed by atoms with van der Waals surface area (Å²) in [4.78, 5) is 0. The summed E-state index contributed by atoms with van der Waals surface area (Å²) in [7, 11) is 0. The van der Waals surface area contributed by atoms with E-state index in [0.717, 1.165) is 10.9 Å². The average Bonchev–Trinajstić information content (AvgIpc) is 2.19. The largest absolute Gasteiger partial charge is 0.380 e. The molecule has 0 saturated heterocycles. The molecule has 1 atom stereocenters. The summed E-state index contributed by atoms with van der Waals surface area (Å²) in [5, 5.41) is 3.18. The van der Waals surface area contributed by atoms with Crippen molar-refractivity contribution in [2.45, 2.75) is 39.2 Å². The lowest BCUT2D eigenvalue weighted by atomic mass is 10.1. The first kappa shape index (κ1) is 12.5. The van der Waals surface area contributed by atoms with E-state index in [-0.39, 0.29) is 5.82 Å². The van der Waals surface area contributed by atoms with Crippen LogP contribution in [0, 0.1) is 5.82 Å². The lowest BCUT2D eigenvalue weighted by Gasteiger charge is -2.15. The number of benzene rings is 1. The Balaban J connectivity index is 2.56. The molecular formula is C12H17BrFN. The van der Waals surface area contributed by atoms with Gasteiger partial charge in [-0.05, 0) is 31.5 Å². The summed E-state index contributed by atoms with van der Waals surface area (Å²) in [5.41, 5.74) is 0.585. The molecule has 0 heterocycles. The van der Waals surface area contributed by atoms with Crippen LogP contribution in [0.1, 0.15) is 33.1 Å². The molecule has 0 bridgehead atoms. The van der Waals surface area contributed by atoms with Gasteiger partial charge < -0.3 is 5.32 Å². The second-order valence-electron chi connectivity index (χ2n) is 3.81. The van der Waals surface area contributed by atoms with Crippen LogP contribution in [0.25, 0.3) is 0 Å². The van der Waals surface area contributed by atoms with Crippen LogP contribution in [0.3, 0.4) is 0 Å². The number of rotatable bonds is 5. The summed E-state index contributed by atoms with van der Waals surface area (Å²) in [6.45, 7) is 4.24. The standard InChI is InChI=1S/C12H17BrFN/c1-3-4-5-9(2)15-12-7-6-10(13)8-11(12)14/h6-9,15H,3-5H2,1-2H3. The Kier molecular flexibility index (Phi) is 5.09. The second kappa shape index (κ2) is 6.11. The van der Waals surface area contributed by atoms with Crippen LogP contribution in [0.15, 0.2) is 22.7 Å². The highest BCUT2D eigenvalue weighted by Crippen LogP contribution is 2.20. The van der Waals surface area contributed by atoms with E-state index in [2.05, 4.69) is 35.1 Å². The van der Waals surface area contributed by atoms with Crippen LogP contribution in [-0.4, -0.2) is 6.04 Å². The van der Waals surface area contributed by atoms with Gasteiger partial charge in [-0.15, -0.1) is 0 Å². The Morgan fingerprint density at radius 3 is 2.80 bits per heavy atom. The zero-order valence-corrected chi connectivity index (χ0v) is 10.8. The molecule has 0 amide bonds. The maximum absolute atomic E-state index is 13.4. The molecule has 3 heteroatoms. The van der Waals surface area contributed by atoms with Gasteiger partial charge in [0.15, 0.2) is 0 Å². The maximum atomic E-state index is 13.4. The molecule has 0 radical (unpaired) electrons. The molecule has 0 fully saturated rings. The van der Waals surface area contributed by atoms with Crippen LogP contribution in [0.4, 0.5) is 10.1 Å². The highest BCUT2D eigenvalue weighted by molar-refractivity contribution is 9.10. The van der Waals surface area contributed by atoms with Gasteiger partial charge in [-0.1, -0.05) is 35.7 Å². The number of anilines is 1. The summed E-state index contributed by atoms with van der Waals surface area (Å²) in [5.74, 6) is -0.201. The fraction of sp³-hybridized carbons (Fsp3) is 0.500. The third-order valence-corrected chi connectivity index (χ3v) is 2.82. The molecule has 1 rings (SSSR count). The Hall–Kier alpha value is -0.570. The van der Waals surface area contributed by atoms with Crippen LogP contribution in [-0.2, 0) is 0 Å². The molecular weight excluding hydrogens is 257 g/mol. The number of hydrogen-bond acceptors (Lipinski definition) is 1. The molecule has 0 spiro atoms. The lowest BCUT2D eigenvalue weighted by Crippen LogP contribution is -2.15. The predicted molar refractivity (Wildman–Crippen MR) is 66.7 cm³/mol. The summed E-state index contributed by atoms with van der Waals surface area (Å²) in [6, 6.07) is 5.41. The highest BCUT2D eigenvalue weighted by atomic mass is 79.9. The van der Waals surface area contributed by atoms with Crippen molar-refractivity contribution in [3.63, 3.8) is 0 Å². The minimum absolute atomic E-state index is 0.201. The van der Waals surface area contributed by atoms with E-state index >= 15 is 0 Å². The van der Waals surface area contributed by atoms with Crippen molar-refractivity contribution in [2.75, 3.05) is 5.32 Å². The predicted octanol–water partition coefficient (Wildman–Crippen LogP) is 4.58. The van der Waals surface area contributed by atoms with Gasteiger partial charge in [-0.2, -0.15) is 0 Å². The molecule has 0 aliphatic heterocycles. The molecule has 0 aliphatic carbocycles. The van der Waals surface area contributed by atoms with Crippen molar-refractivity contribution in [3.8, 4) is 0 Å². The fourth-order valence-corrected chi connectivity index (χ4v) is 1.79. The van der Waals surface area contributed by atoms with Gasteiger partial charge in [0.1, 0.15) is 5.82 Å². The molecule has 1 aromatic carbocycles. The molecule has 0 aliphatic rings. The van der Waals surface area contributed by atoms with Crippen molar-refractivity contribution >= 4 is 21.6 Å². The maximum Gasteiger partial charge on any atom is 0.147 e. The van der Waals surface area contributed by atoms with E-state index < -0.39 is 0 Å². The van der Waals surface area contributed by atoms with Gasteiger partial charge >= 0.3 is 0 Å². The minimum Gasteiger partial charge on any atom is -0.380 e. The molecule has 0 saturated carbocycles. The van der Waals surface area contributed by atoms with Crippen LogP contribution in [0.5, 0.6) is 0 Å². The molecule has 15 heavy (non-hydrogen) atoms. The van der Waals surface area contributed by atoms with E-state index in [4.69, 9.17) is 0 Å². The van der Waals surface area contributed by atoms with Gasteiger partial charge in [0, 0.05) is 10.5 Å². The van der Waals surface area contributed by atoms with Crippen molar-refractivity contribution in [1.82, 2.24) is 0 Å². The highest BCUT2D eigenvalue weighted by Gasteiger charge is 2.06. The number of unbranched alkanes of at least 4 members (excludes halogenated alkanes) is 1. The molecule has 1 nitrogen and oxygen atoms in total. The van der Waals surface area contributed by atoms with E-state index in [1.807, 2.05) is 6.07 Å². The minimum atomic E-state index is -0.201. The summed E-state index contributed by atoms with van der Waals surface area (Å²) < 4.78 is 14.2. The summed E-state index contributed by atoms with van der Waals surface area (Å²) in [6.07, 6.45) is 3.42. The Morgan fingerprint density at radius 1 is 1.47 bits per heavy atom. The fourth-order valence-electron chi connectivity index (χ4n) is 1.45. The quantitative estimate of drug-likeness (QED) is 0.828. The Labute approximate surface area is 99.2 Å². The van der Waals surface area contributed by atoms with Gasteiger partial charge in [0.2, 0.25) is 0 Å². The molecule has 1 N–H and O–H groups in total. The van der Waals surface area contributed by atoms with Crippen molar-refractivity contribution < 1.29 is 4.39 Å². The molecule has 0 aromatic heterocycles. The van der Waals surface area contributed by atoms with Gasteiger partial charge in [-0.3, -0.25) is 0 Å². The lowest BCUT2D eigenvalue weighted by molar-refractivity contribution is 0.612. The third-order valence-electron chi connectivity index (χ3n) is 2.32. The van der Waals surface area contributed by atoms with Gasteiger partial charge in [0.05, 0.1) is 5.69 Å². The Bertz CT molecular complexity index is 314. The second-order valence-corrected chi connectivity index (χ2v) is 4.73. The van der Waals surface area contributed by atoms with Crippen LogP contribution in [0.2, 0.25) is 0 Å². The Morgan fingerprint density at radius 2 is 2.20 bits per heavy atom. The average molecular weight is 274 g/mol. The molecule has 1 aromatic rings. The van der Waals surface area contributed by atoms with Gasteiger partial charge in [0.25, 0.3) is 0 Å². The van der Waals surface area contributed by atoms with Crippen molar-refractivity contribution in [3.05, 3.63) is 28.5 Å². The first-order valence-electron chi connectivity index (χ1n) is 5.35. The smallest absolute Gasteiger partial charge is 0.147 e. The number of halogens is 2. The molecule has 84 valence electrons. The SMILES string of the molecule is CCCCC(C)Nc1ccc(Br)cc1F. The number of nitrogens with one attached hydrogen (secondary N) is 1. The third kappa shape index (κ3) is 4.20.